The highest BCUT2D eigenvalue weighted by Crippen LogP contribution is 2.27. The van der Waals surface area contributed by atoms with Gasteiger partial charge in [0.05, 0.1) is 12.0 Å². The predicted octanol–water partition coefficient (Wildman–Crippen LogP) is 4.20. The van der Waals surface area contributed by atoms with E-state index in [-0.39, 0.29) is 17.8 Å². The maximum absolute atomic E-state index is 12.5. The van der Waals surface area contributed by atoms with Crippen molar-refractivity contribution in [2.24, 2.45) is 5.92 Å². The van der Waals surface area contributed by atoms with Crippen molar-refractivity contribution in [1.29, 1.82) is 0 Å². The molecule has 2 nitrogen and oxygen atoms in total. The van der Waals surface area contributed by atoms with Crippen LogP contribution in [0.15, 0.2) is 24.3 Å². The highest BCUT2D eigenvalue weighted by Gasteiger charge is 2.33. The first kappa shape index (κ1) is 14.3. The average molecular weight is 260 g/mol. The molecular weight excluding hydrogens is 236 g/mol. The fourth-order valence-electron chi connectivity index (χ4n) is 2.78. The van der Waals surface area contributed by atoms with E-state index in [0.29, 0.717) is 5.92 Å². The third kappa shape index (κ3) is 3.06. The first-order valence-electron chi connectivity index (χ1n) is 7.43. The molecule has 0 aromatic heterocycles. The van der Waals surface area contributed by atoms with Crippen molar-refractivity contribution in [2.45, 2.75) is 52.1 Å². The minimum Gasteiger partial charge on any atom is -0.377 e. The highest BCUT2D eigenvalue weighted by atomic mass is 16.5. The van der Waals surface area contributed by atoms with Crippen LogP contribution in [-0.4, -0.2) is 18.5 Å². The third-order valence-corrected chi connectivity index (χ3v) is 4.33. The molecule has 1 saturated heterocycles. The number of rotatable bonds is 5. The maximum Gasteiger partial charge on any atom is 0.168 e. The Balaban J connectivity index is 2.11. The van der Waals surface area contributed by atoms with Gasteiger partial charge in [0.15, 0.2) is 5.78 Å². The van der Waals surface area contributed by atoms with Crippen molar-refractivity contribution in [1.82, 2.24) is 0 Å². The van der Waals surface area contributed by atoms with Crippen molar-refractivity contribution in [2.75, 3.05) is 6.61 Å². The van der Waals surface area contributed by atoms with Gasteiger partial charge in [0.1, 0.15) is 0 Å². The molecule has 0 aliphatic carbocycles. The Labute approximate surface area is 116 Å². The average Bonchev–Trinajstić information content (AvgIpc) is 2.94. The van der Waals surface area contributed by atoms with Crippen molar-refractivity contribution in [3.8, 4) is 0 Å². The summed E-state index contributed by atoms with van der Waals surface area (Å²) in [6, 6.07) is 8.15. The Morgan fingerprint density at radius 3 is 2.58 bits per heavy atom. The SMILES string of the molecule is CCC(C)c1ccc(C(=O)C2CCOC2CC)cc1. The van der Waals surface area contributed by atoms with Crippen LogP contribution in [0.25, 0.3) is 0 Å². The molecule has 19 heavy (non-hydrogen) atoms. The summed E-state index contributed by atoms with van der Waals surface area (Å²) in [6.07, 6.45) is 3.02. The summed E-state index contributed by atoms with van der Waals surface area (Å²) in [7, 11) is 0. The van der Waals surface area contributed by atoms with Crippen LogP contribution in [0.1, 0.15) is 61.9 Å². The molecule has 1 heterocycles. The van der Waals surface area contributed by atoms with Gasteiger partial charge < -0.3 is 4.74 Å². The molecule has 0 bridgehead atoms. The topological polar surface area (TPSA) is 26.3 Å². The molecule has 1 aromatic rings. The quantitative estimate of drug-likeness (QED) is 0.742. The van der Waals surface area contributed by atoms with E-state index in [0.717, 1.165) is 31.4 Å². The van der Waals surface area contributed by atoms with E-state index >= 15 is 0 Å². The summed E-state index contributed by atoms with van der Waals surface area (Å²) in [5.41, 5.74) is 2.15. The Kier molecular flexibility index (Phi) is 4.76. The number of ether oxygens (including phenoxy) is 1. The molecule has 3 unspecified atom stereocenters. The van der Waals surface area contributed by atoms with Gasteiger partial charge in [-0.2, -0.15) is 0 Å². The van der Waals surface area contributed by atoms with Crippen molar-refractivity contribution >= 4 is 5.78 Å². The zero-order chi connectivity index (χ0) is 13.8. The second-order valence-corrected chi connectivity index (χ2v) is 5.51. The molecule has 2 rings (SSSR count). The second kappa shape index (κ2) is 6.33. The molecule has 1 aliphatic rings. The van der Waals surface area contributed by atoms with E-state index in [4.69, 9.17) is 4.74 Å². The lowest BCUT2D eigenvalue weighted by Gasteiger charge is -2.16. The summed E-state index contributed by atoms with van der Waals surface area (Å²) in [5, 5.41) is 0. The molecule has 0 amide bonds. The summed E-state index contributed by atoms with van der Waals surface area (Å²) in [4.78, 5) is 12.5. The van der Waals surface area contributed by atoms with Gasteiger partial charge in [0, 0.05) is 12.2 Å². The van der Waals surface area contributed by atoms with E-state index < -0.39 is 0 Å². The molecule has 1 aromatic carbocycles. The molecule has 3 atom stereocenters. The number of ketones is 1. The van der Waals surface area contributed by atoms with Crippen molar-refractivity contribution in [3.63, 3.8) is 0 Å². The molecule has 0 saturated carbocycles. The van der Waals surface area contributed by atoms with Gasteiger partial charge in [-0.1, -0.05) is 45.0 Å². The zero-order valence-electron chi connectivity index (χ0n) is 12.2. The minimum absolute atomic E-state index is 0.0550. The number of hydrogen-bond donors (Lipinski definition) is 0. The lowest BCUT2D eigenvalue weighted by atomic mass is 9.89. The van der Waals surface area contributed by atoms with Gasteiger partial charge in [-0.3, -0.25) is 4.79 Å². The fourth-order valence-corrected chi connectivity index (χ4v) is 2.78. The Bertz CT molecular complexity index is 421. The van der Waals surface area contributed by atoms with Gasteiger partial charge in [-0.05, 0) is 30.7 Å². The Morgan fingerprint density at radius 1 is 1.32 bits per heavy atom. The zero-order valence-corrected chi connectivity index (χ0v) is 12.2. The number of benzene rings is 1. The number of carbonyl (C=O) groups is 1. The van der Waals surface area contributed by atoms with Gasteiger partial charge in [-0.25, -0.2) is 0 Å². The first-order chi connectivity index (χ1) is 9.17. The monoisotopic (exact) mass is 260 g/mol. The Morgan fingerprint density at radius 2 is 2.00 bits per heavy atom. The molecule has 2 heteroatoms. The van der Waals surface area contributed by atoms with Crippen LogP contribution in [0.3, 0.4) is 0 Å². The van der Waals surface area contributed by atoms with Gasteiger partial charge >= 0.3 is 0 Å². The largest absolute Gasteiger partial charge is 0.377 e. The minimum atomic E-state index is 0.0550. The van der Waals surface area contributed by atoms with Gasteiger partial charge in [-0.15, -0.1) is 0 Å². The van der Waals surface area contributed by atoms with Crippen LogP contribution < -0.4 is 0 Å². The van der Waals surface area contributed by atoms with Crippen molar-refractivity contribution < 1.29 is 9.53 Å². The number of carbonyl (C=O) groups excluding carboxylic acids is 1. The van der Waals surface area contributed by atoms with Crippen molar-refractivity contribution in [3.05, 3.63) is 35.4 Å². The summed E-state index contributed by atoms with van der Waals surface area (Å²) in [5.74, 6) is 0.863. The maximum atomic E-state index is 12.5. The molecule has 0 N–H and O–H groups in total. The van der Waals surface area contributed by atoms with E-state index in [9.17, 15) is 4.79 Å². The van der Waals surface area contributed by atoms with E-state index in [1.807, 2.05) is 12.1 Å². The van der Waals surface area contributed by atoms with E-state index in [1.54, 1.807) is 0 Å². The predicted molar refractivity (Wildman–Crippen MR) is 77.6 cm³/mol. The van der Waals surface area contributed by atoms with Gasteiger partial charge in [0.25, 0.3) is 0 Å². The normalized spacial score (nSPS) is 24.4. The van der Waals surface area contributed by atoms with Gasteiger partial charge in [0.2, 0.25) is 0 Å². The number of Topliss-reactive ketones (excluding diaryl/α,β-unsaturated/α-hetero) is 1. The first-order valence-corrected chi connectivity index (χ1v) is 7.43. The summed E-state index contributed by atoms with van der Waals surface area (Å²) < 4.78 is 5.62. The van der Waals surface area contributed by atoms with Crippen LogP contribution in [0, 0.1) is 5.92 Å². The van der Waals surface area contributed by atoms with Crippen LogP contribution in [0.5, 0.6) is 0 Å². The number of hydrogen-bond acceptors (Lipinski definition) is 2. The van der Waals surface area contributed by atoms with E-state index in [2.05, 4.69) is 32.9 Å². The lowest BCUT2D eigenvalue weighted by Crippen LogP contribution is -2.23. The van der Waals surface area contributed by atoms with Crippen LogP contribution in [-0.2, 0) is 4.74 Å². The molecule has 104 valence electrons. The molecule has 0 spiro atoms. The molecule has 0 radical (unpaired) electrons. The molecule has 1 fully saturated rings. The molecular formula is C17H24O2. The highest BCUT2D eigenvalue weighted by molar-refractivity contribution is 5.98. The summed E-state index contributed by atoms with van der Waals surface area (Å²) in [6.45, 7) is 7.21. The Hall–Kier alpha value is -1.15. The van der Waals surface area contributed by atoms with Crippen LogP contribution in [0.4, 0.5) is 0 Å². The van der Waals surface area contributed by atoms with Crippen LogP contribution >= 0.6 is 0 Å². The lowest BCUT2D eigenvalue weighted by molar-refractivity contribution is 0.0689. The van der Waals surface area contributed by atoms with Crippen LogP contribution in [0.2, 0.25) is 0 Å². The summed E-state index contributed by atoms with van der Waals surface area (Å²) >= 11 is 0. The third-order valence-electron chi connectivity index (χ3n) is 4.33. The second-order valence-electron chi connectivity index (χ2n) is 5.51. The molecule has 1 aliphatic heterocycles. The standard InChI is InChI=1S/C17H24O2/c1-4-12(3)13-6-8-14(9-7-13)17(18)15-10-11-19-16(15)5-2/h6-9,12,15-16H,4-5,10-11H2,1-3H3. The fraction of sp³-hybridized carbons (Fsp3) is 0.588. The van der Waals surface area contributed by atoms with E-state index in [1.165, 1.54) is 5.56 Å². The smallest absolute Gasteiger partial charge is 0.168 e.